The van der Waals surface area contributed by atoms with E-state index in [4.69, 9.17) is 9.47 Å². The third-order valence-electron chi connectivity index (χ3n) is 5.08. The molecule has 0 aromatic heterocycles. The van der Waals surface area contributed by atoms with Crippen LogP contribution in [0.3, 0.4) is 0 Å². The molecule has 0 saturated carbocycles. The molecule has 1 unspecified atom stereocenters. The summed E-state index contributed by atoms with van der Waals surface area (Å²) in [5, 5.41) is 7.09. The Bertz CT molecular complexity index is 888. The predicted molar refractivity (Wildman–Crippen MR) is 114 cm³/mol. The maximum atomic E-state index is 6.25. The highest BCUT2D eigenvalue weighted by Gasteiger charge is 2.15. The lowest BCUT2D eigenvalue weighted by atomic mass is 10.0. The molecule has 1 saturated heterocycles. The lowest BCUT2D eigenvalue weighted by Crippen LogP contribution is -2.29. The largest absolute Gasteiger partial charge is 0.497 e. The first kappa shape index (κ1) is 18.4. The molecule has 1 fully saturated rings. The molecule has 1 aliphatic heterocycles. The zero-order valence-corrected chi connectivity index (χ0v) is 16.2. The molecule has 3 aromatic carbocycles. The van der Waals surface area contributed by atoms with Crippen LogP contribution >= 0.6 is 0 Å². The molecular weight excluding hydrogens is 348 g/mol. The van der Waals surface area contributed by atoms with Gasteiger partial charge in [0.2, 0.25) is 0 Å². The van der Waals surface area contributed by atoms with Gasteiger partial charge in [-0.05, 0) is 66.9 Å². The number of nitrogens with one attached hydrogen (secondary N) is 2. The van der Waals surface area contributed by atoms with Crippen molar-refractivity contribution in [2.24, 2.45) is 0 Å². The van der Waals surface area contributed by atoms with Crippen molar-refractivity contribution in [1.82, 2.24) is 5.32 Å². The van der Waals surface area contributed by atoms with E-state index >= 15 is 0 Å². The Hall–Kier alpha value is -2.98. The highest BCUT2D eigenvalue weighted by Crippen LogP contribution is 2.34. The van der Waals surface area contributed by atoms with Crippen LogP contribution in [0.4, 0.5) is 5.69 Å². The quantitative estimate of drug-likeness (QED) is 0.587. The minimum Gasteiger partial charge on any atom is -0.497 e. The highest BCUT2D eigenvalue weighted by molar-refractivity contribution is 5.71. The topological polar surface area (TPSA) is 42.5 Å². The van der Waals surface area contributed by atoms with Gasteiger partial charge in [-0.15, -0.1) is 0 Å². The molecule has 2 N–H and O–H groups in total. The number of anilines is 1. The lowest BCUT2D eigenvalue weighted by Gasteiger charge is -2.17. The van der Waals surface area contributed by atoms with E-state index in [1.807, 2.05) is 30.3 Å². The van der Waals surface area contributed by atoms with Crippen molar-refractivity contribution in [1.29, 1.82) is 0 Å². The normalized spacial score (nSPS) is 16.0. The fourth-order valence-electron chi connectivity index (χ4n) is 3.50. The second kappa shape index (κ2) is 8.81. The standard InChI is InChI=1S/C24H26N2O2/c1-27-21-10-12-22(13-11-21)28-24-16-19(18-6-3-2-4-7-18)9-14-23(24)26-17-20-8-5-15-25-20/h2-4,6-7,9-14,16,20,25-26H,5,8,15,17H2,1H3. The van der Waals surface area contributed by atoms with Gasteiger partial charge in [-0.3, -0.25) is 0 Å². The number of hydrogen-bond acceptors (Lipinski definition) is 4. The van der Waals surface area contributed by atoms with E-state index in [1.54, 1.807) is 7.11 Å². The van der Waals surface area contributed by atoms with Crippen LogP contribution in [-0.4, -0.2) is 26.2 Å². The molecule has 0 amide bonds. The summed E-state index contributed by atoms with van der Waals surface area (Å²) in [7, 11) is 1.66. The molecule has 4 nitrogen and oxygen atoms in total. The minimum absolute atomic E-state index is 0.516. The van der Waals surface area contributed by atoms with Crippen LogP contribution in [0.2, 0.25) is 0 Å². The van der Waals surface area contributed by atoms with E-state index in [9.17, 15) is 0 Å². The number of hydrogen-bond donors (Lipinski definition) is 2. The molecule has 3 aromatic rings. The molecule has 4 rings (SSSR count). The molecule has 0 radical (unpaired) electrons. The van der Waals surface area contributed by atoms with Gasteiger partial charge in [0, 0.05) is 12.6 Å². The zero-order valence-electron chi connectivity index (χ0n) is 16.2. The van der Waals surface area contributed by atoms with Gasteiger partial charge in [-0.2, -0.15) is 0 Å². The van der Waals surface area contributed by atoms with Crippen LogP contribution in [0.25, 0.3) is 11.1 Å². The van der Waals surface area contributed by atoms with Crippen molar-refractivity contribution < 1.29 is 9.47 Å². The van der Waals surface area contributed by atoms with E-state index in [1.165, 1.54) is 18.4 Å². The second-order valence-electron chi connectivity index (χ2n) is 7.03. The molecule has 1 aliphatic rings. The highest BCUT2D eigenvalue weighted by atomic mass is 16.5. The monoisotopic (exact) mass is 374 g/mol. The van der Waals surface area contributed by atoms with Gasteiger partial charge in [0.05, 0.1) is 12.8 Å². The van der Waals surface area contributed by atoms with Crippen LogP contribution in [0.1, 0.15) is 12.8 Å². The summed E-state index contributed by atoms with van der Waals surface area (Å²) in [6.45, 7) is 2.00. The number of methoxy groups -OCH3 is 1. The first-order chi connectivity index (χ1) is 13.8. The van der Waals surface area contributed by atoms with Gasteiger partial charge in [-0.1, -0.05) is 36.4 Å². The van der Waals surface area contributed by atoms with Crippen molar-refractivity contribution in [3.8, 4) is 28.4 Å². The molecular formula is C24H26N2O2. The van der Waals surface area contributed by atoms with Crippen molar-refractivity contribution in [3.63, 3.8) is 0 Å². The van der Waals surface area contributed by atoms with Crippen LogP contribution in [0.15, 0.2) is 72.8 Å². The summed E-state index contributed by atoms with van der Waals surface area (Å²) >= 11 is 0. The van der Waals surface area contributed by atoms with Crippen molar-refractivity contribution in [2.75, 3.05) is 25.5 Å². The molecule has 4 heteroatoms. The van der Waals surface area contributed by atoms with E-state index in [-0.39, 0.29) is 0 Å². The van der Waals surface area contributed by atoms with E-state index in [0.717, 1.165) is 41.6 Å². The Balaban J connectivity index is 1.59. The maximum Gasteiger partial charge on any atom is 0.151 e. The third kappa shape index (κ3) is 4.46. The van der Waals surface area contributed by atoms with Crippen LogP contribution < -0.4 is 20.1 Å². The van der Waals surface area contributed by atoms with Gasteiger partial charge in [-0.25, -0.2) is 0 Å². The average molecular weight is 374 g/mol. The molecule has 1 heterocycles. The summed E-state index contributed by atoms with van der Waals surface area (Å²) in [5.74, 6) is 2.42. The van der Waals surface area contributed by atoms with Gasteiger partial charge in [0.15, 0.2) is 5.75 Å². The molecule has 144 valence electrons. The number of benzene rings is 3. The summed E-state index contributed by atoms with van der Waals surface area (Å²) in [6, 6.07) is 24.9. The zero-order chi connectivity index (χ0) is 19.2. The number of ether oxygens (including phenoxy) is 2. The minimum atomic E-state index is 0.516. The van der Waals surface area contributed by atoms with E-state index in [2.05, 4.69) is 53.1 Å². The molecule has 28 heavy (non-hydrogen) atoms. The van der Waals surface area contributed by atoms with E-state index in [0.29, 0.717) is 6.04 Å². The second-order valence-corrected chi connectivity index (χ2v) is 7.03. The van der Waals surface area contributed by atoms with Gasteiger partial charge < -0.3 is 20.1 Å². The smallest absolute Gasteiger partial charge is 0.151 e. The van der Waals surface area contributed by atoms with Gasteiger partial charge in [0.1, 0.15) is 11.5 Å². The number of rotatable bonds is 7. The fourth-order valence-corrected chi connectivity index (χ4v) is 3.50. The molecule has 0 bridgehead atoms. The Morgan fingerprint density at radius 1 is 0.929 bits per heavy atom. The van der Waals surface area contributed by atoms with Crippen molar-refractivity contribution >= 4 is 5.69 Å². The molecule has 1 atom stereocenters. The van der Waals surface area contributed by atoms with Crippen LogP contribution in [0.5, 0.6) is 17.2 Å². The average Bonchev–Trinajstić information content (AvgIpc) is 3.28. The first-order valence-corrected chi connectivity index (χ1v) is 9.80. The lowest BCUT2D eigenvalue weighted by molar-refractivity contribution is 0.413. The Morgan fingerprint density at radius 2 is 1.71 bits per heavy atom. The third-order valence-corrected chi connectivity index (χ3v) is 5.08. The van der Waals surface area contributed by atoms with E-state index < -0.39 is 0 Å². The summed E-state index contributed by atoms with van der Waals surface area (Å²) in [6.07, 6.45) is 2.46. The summed E-state index contributed by atoms with van der Waals surface area (Å²) in [4.78, 5) is 0. The Kier molecular flexibility index (Phi) is 5.78. The van der Waals surface area contributed by atoms with Gasteiger partial charge in [0.25, 0.3) is 0 Å². The van der Waals surface area contributed by atoms with Crippen LogP contribution in [-0.2, 0) is 0 Å². The van der Waals surface area contributed by atoms with Crippen LogP contribution in [0, 0.1) is 0 Å². The van der Waals surface area contributed by atoms with Gasteiger partial charge >= 0.3 is 0 Å². The first-order valence-electron chi connectivity index (χ1n) is 9.80. The predicted octanol–water partition coefficient (Wildman–Crippen LogP) is 5.32. The molecule has 0 spiro atoms. The fraction of sp³-hybridized carbons (Fsp3) is 0.250. The summed E-state index contributed by atoms with van der Waals surface area (Å²) in [5.41, 5.74) is 3.31. The van der Waals surface area contributed by atoms with Crippen molar-refractivity contribution in [2.45, 2.75) is 18.9 Å². The SMILES string of the molecule is COc1ccc(Oc2cc(-c3ccccc3)ccc2NCC2CCCN2)cc1. The van der Waals surface area contributed by atoms with Crippen molar-refractivity contribution in [3.05, 3.63) is 72.8 Å². The molecule has 0 aliphatic carbocycles. The Morgan fingerprint density at radius 3 is 2.43 bits per heavy atom. The maximum absolute atomic E-state index is 6.25. The summed E-state index contributed by atoms with van der Waals surface area (Å²) < 4.78 is 11.5. The Labute approximate surface area is 166 Å².